The summed E-state index contributed by atoms with van der Waals surface area (Å²) in [5.74, 6) is -1.65. The van der Waals surface area contributed by atoms with E-state index >= 15 is 0 Å². The van der Waals surface area contributed by atoms with Crippen LogP contribution >= 0.6 is 0 Å². The first-order valence-corrected chi connectivity index (χ1v) is 13.4. The lowest BCUT2D eigenvalue weighted by atomic mass is 9.85. The highest BCUT2D eigenvalue weighted by Crippen LogP contribution is 2.27. The number of halogens is 1. The average molecular weight is 554 g/mol. The van der Waals surface area contributed by atoms with E-state index in [0.29, 0.717) is 31.3 Å². The first-order valence-electron chi connectivity index (χ1n) is 13.4. The zero-order valence-corrected chi connectivity index (χ0v) is 22.9. The first kappa shape index (κ1) is 29.2. The molecule has 0 spiro atoms. The number of carbonyl (C=O) groups excluding carboxylic acids is 3. The molecule has 0 saturated carbocycles. The van der Waals surface area contributed by atoms with Crippen LogP contribution in [0.2, 0.25) is 0 Å². The van der Waals surface area contributed by atoms with Crippen molar-refractivity contribution in [1.29, 1.82) is 0 Å². The zero-order chi connectivity index (χ0) is 29.0. The largest absolute Gasteiger partial charge is 0.394 e. The number of likely N-dealkylation sites (tertiary alicyclic amines) is 1. The molecule has 1 fully saturated rings. The molecule has 4 rings (SSSR count). The number of aliphatic hydroxyl groups is 2. The number of aromatic nitrogens is 2. The van der Waals surface area contributed by atoms with Gasteiger partial charge in [-0.2, -0.15) is 5.10 Å². The Bertz CT molecular complexity index is 1370. The molecule has 0 bridgehead atoms. The van der Waals surface area contributed by atoms with Gasteiger partial charge in [0.25, 0.3) is 5.91 Å². The maximum absolute atomic E-state index is 13.8. The van der Waals surface area contributed by atoms with Gasteiger partial charge in [-0.1, -0.05) is 51.1 Å². The normalized spacial score (nSPS) is 17.1. The molecule has 2 heterocycles. The van der Waals surface area contributed by atoms with Crippen molar-refractivity contribution in [2.24, 2.45) is 5.41 Å². The van der Waals surface area contributed by atoms with Crippen LogP contribution in [-0.2, 0) is 16.1 Å². The van der Waals surface area contributed by atoms with Crippen LogP contribution in [0.1, 0.15) is 49.7 Å². The average Bonchev–Trinajstić information content (AvgIpc) is 3.56. The Labute approximate surface area is 232 Å². The van der Waals surface area contributed by atoms with E-state index in [4.69, 9.17) is 5.11 Å². The highest BCUT2D eigenvalue weighted by Gasteiger charge is 2.42. The summed E-state index contributed by atoms with van der Waals surface area (Å²) >= 11 is 0. The SMILES string of the molecule is CC(C)(C)C(NC(=O)c1nn(Cc2ccc(F)cc2)c2ccccc12)C(=O)N1CCC[C@H]1C(=O)NCC(O)CO. The van der Waals surface area contributed by atoms with Gasteiger partial charge in [-0.25, -0.2) is 4.39 Å². The molecule has 0 radical (unpaired) electrons. The summed E-state index contributed by atoms with van der Waals surface area (Å²) in [7, 11) is 0. The summed E-state index contributed by atoms with van der Waals surface area (Å²) in [5.41, 5.74) is 1.01. The topological polar surface area (TPSA) is 137 Å². The van der Waals surface area contributed by atoms with Gasteiger partial charge in [0.05, 0.1) is 24.8 Å². The van der Waals surface area contributed by atoms with Crippen molar-refractivity contribution in [3.63, 3.8) is 0 Å². The lowest BCUT2D eigenvalue weighted by molar-refractivity contribution is -0.142. The van der Waals surface area contributed by atoms with Crippen molar-refractivity contribution in [3.8, 4) is 0 Å². The summed E-state index contributed by atoms with van der Waals surface area (Å²) in [4.78, 5) is 41.7. The number of hydrogen-bond donors (Lipinski definition) is 4. The fourth-order valence-corrected chi connectivity index (χ4v) is 4.90. The number of nitrogens with zero attached hydrogens (tertiary/aromatic N) is 3. The minimum absolute atomic E-state index is 0.124. The van der Waals surface area contributed by atoms with Gasteiger partial charge in [0.2, 0.25) is 11.8 Å². The van der Waals surface area contributed by atoms with Crippen molar-refractivity contribution in [3.05, 3.63) is 65.6 Å². The molecule has 1 aliphatic rings. The van der Waals surface area contributed by atoms with Crippen LogP contribution < -0.4 is 10.6 Å². The summed E-state index contributed by atoms with van der Waals surface area (Å²) in [6.45, 7) is 5.58. The van der Waals surface area contributed by atoms with Gasteiger partial charge >= 0.3 is 0 Å². The lowest BCUT2D eigenvalue weighted by Crippen LogP contribution is -2.58. The smallest absolute Gasteiger partial charge is 0.273 e. The summed E-state index contributed by atoms with van der Waals surface area (Å²) in [6, 6.07) is 11.6. The molecule has 3 atom stereocenters. The van der Waals surface area contributed by atoms with E-state index in [0.717, 1.165) is 11.1 Å². The fourth-order valence-electron chi connectivity index (χ4n) is 4.90. The third-order valence-electron chi connectivity index (χ3n) is 7.07. The molecular formula is C29H36FN5O5. The maximum Gasteiger partial charge on any atom is 0.273 e. The molecule has 0 aliphatic carbocycles. The van der Waals surface area contributed by atoms with E-state index in [1.807, 2.05) is 32.9 Å². The molecular weight excluding hydrogens is 517 g/mol. The Balaban J connectivity index is 1.56. The Morgan fingerprint density at radius 1 is 1.12 bits per heavy atom. The number of nitrogens with one attached hydrogen (secondary N) is 2. The predicted octanol–water partition coefficient (Wildman–Crippen LogP) is 1.83. The van der Waals surface area contributed by atoms with Crippen LogP contribution in [0.4, 0.5) is 4.39 Å². The summed E-state index contributed by atoms with van der Waals surface area (Å²) in [5, 5.41) is 29.3. The number of carbonyl (C=O) groups is 3. The summed E-state index contributed by atoms with van der Waals surface area (Å²) in [6.07, 6.45) is -0.0140. The predicted molar refractivity (Wildman–Crippen MR) is 147 cm³/mol. The minimum atomic E-state index is -1.09. The molecule has 40 heavy (non-hydrogen) atoms. The molecule has 214 valence electrons. The van der Waals surface area contributed by atoms with Crippen LogP contribution in [0.5, 0.6) is 0 Å². The Kier molecular flexibility index (Phi) is 8.85. The van der Waals surface area contributed by atoms with Gasteiger partial charge in [0.1, 0.15) is 17.9 Å². The molecule has 2 aromatic carbocycles. The Morgan fingerprint density at radius 2 is 1.82 bits per heavy atom. The van der Waals surface area contributed by atoms with Gasteiger partial charge in [-0.3, -0.25) is 19.1 Å². The number of amides is 3. The number of para-hydroxylation sites is 1. The Hall–Kier alpha value is -3.83. The Morgan fingerprint density at radius 3 is 2.50 bits per heavy atom. The molecule has 1 aromatic heterocycles. The molecule has 4 N–H and O–H groups in total. The van der Waals surface area contributed by atoms with Crippen LogP contribution in [0.3, 0.4) is 0 Å². The first-order chi connectivity index (χ1) is 19.0. The number of benzene rings is 2. The van der Waals surface area contributed by atoms with Gasteiger partial charge < -0.3 is 25.7 Å². The number of rotatable bonds is 9. The van der Waals surface area contributed by atoms with E-state index in [2.05, 4.69) is 15.7 Å². The second-order valence-electron chi connectivity index (χ2n) is 11.2. The van der Waals surface area contributed by atoms with Crippen LogP contribution in [0.15, 0.2) is 48.5 Å². The minimum Gasteiger partial charge on any atom is -0.394 e. The third kappa shape index (κ3) is 6.48. The quantitative estimate of drug-likeness (QED) is 0.319. The zero-order valence-electron chi connectivity index (χ0n) is 22.9. The van der Waals surface area contributed by atoms with Crippen LogP contribution in [0.25, 0.3) is 10.9 Å². The van der Waals surface area contributed by atoms with E-state index in [-0.39, 0.29) is 24.0 Å². The monoisotopic (exact) mass is 553 g/mol. The van der Waals surface area contributed by atoms with Gasteiger partial charge in [-0.15, -0.1) is 0 Å². The van der Waals surface area contributed by atoms with Crippen molar-refractivity contribution in [2.45, 2.75) is 58.3 Å². The highest BCUT2D eigenvalue weighted by atomic mass is 19.1. The van der Waals surface area contributed by atoms with E-state index in [9.17, 15) is 23.9 Å². The lowest BCUT2D eigenvalue weighted by Gasteiger charge is -2.35. The molecule has 3 aromatic rings. The molecule has 1 saturated heterocycles. The van der Waals surface area contributed by atoms with Crippen LogP contribution in [-0.4, -0.2) is 80.5 Å². The number of hydrogen-bond acceptors (Lipinski definition) is 6. The molecule has 11 heteroatoms. The third-order valence-corrected chi connectivity index (χ3v) is 7.07. The van der Waals surface area contributed by atoms with Crippen molar-refractivity contribution < 1.29 is 29.0 Å². The molecule has 3 amide bonds. The fraction of sp³-hybridized carbons (Fsp3) is 0.448. The van der Waals surface area contributed by atoms with Gasteiger partial charge in [-0.05, 0) is 42.0 Å². The summed E-state index contributed by atoms with van der Waals surface area (Å²) < 4.78 is 15.1. The van der Waals surface area contributed by atoms with Crippen molar-refractivity contribution in [1.82, 2.24) is 25.3 Å². The van der Waals surface area contributed by atoms with Gasteiger partial charge in [0.15, 0.2) is 5.69 Å². The maximum atomic E-state index is 13.8. The van der Waals surface area contributed by atoms with E-state index < -0.39 is 42.0 Å². The molecule has 10 nitrogen and oxygen atoms in total. The van der Waals surface area contributed by atoms with Crippen LogP contribution in [0, 0.1) is 11.2 Å². The number of aliphatic hydroxyl groups excluding tert-OH is 2. The molecule has 2 unspecified atom stereocenters. The van der Waals surface area contributed by atoms with Crippen molar-refractivity contribution in [2.75, 3.05) is 19.7 Å². The second-order valence-corrected chi connectivity index (χ2v) is 11.2. The van der Waals surface area contributed by atoms with Gasteiger partial charge in [0, 0.05) is 18.5 Å². The van der Waals surface area contributed by atoms with E-state index in [1.165, 1.54) is 17.0 Å². The standard InChI is InChI=1S/C29H36FN5O5/c1-29(2,3)25(28(40)34-14-6-9-23(34)26(38)31-15-20(37)17-36)32-27(39)24-21-7-4-5-8-22(21)35(33-24)16-18-10-12-19(30)13-11-18/h4-5,7-8,10-13,20,23,25,36-37H,6,9,14-17H2,1-3H3,(H,31,38)(H,32,39)/t20?,23-,25?/m0/s1. The number of fused-ring (bicyclic) bond motifs is 1. The van der Waals surface area contributed by atoms with Crippen molar-refractivity contribution >= 4 is 28.6 Å². The second kappa shape index (κ2) is 12.1. The highest BCUT2D eigenvalue weighted by molar-refractivity contribution is 6.06. The molecule has 1 aliphatic heterocycles. The van der Waals surface area contributed by atoms with E-state index in [1.54, 1.807) is 28.9 Å².